The van der Waals surface area contributed by atoms with Crippen LogP contribution in [0.1, 0.15) is 5.56 Å². The van der Waals surface area contributed by atoms with E-state index in [-0.39, 0.29) is 0 Å². The average Bonchev–Trinajstić information content (AvgIpc) is 2.42. The van der Waals surface area contributed by atoms with Crippen LogP contribution in [0, 0.1) is 11.6 Å². The zero-order chi connectivity index (χ0) is 18.5. The predicted octanol–water partition coefficient (Wildman–Crippen LogP) is 1.40. The van der Waals surface area contributed by atoms with E-state index in [9.17, 15) is 25.6 Å². The van der Waals surface area contributed by atoms with Crippen molar-refractivity contribution in [3.8, 4) is 0 Å². The fourth-order valence-electron chi connectivity index (χ4n) is 2.19. The summed E-state index contributed by atoms with van der Waals surface area (Å²) in [7, 11) is -8.80. The fourth-order valence-corrected chi connectivity index (χ4v) is 4.84. The second-order valence-electron chi connectivity index (χ2n) is 4.91. The summed E-state index contributed by atoms with van der Waals surface area (Å²) in [5.74, 6) is -2.89. The number of allylic oxidation sites excluding steroid dienone is 4. The molecule has 0 saturated heterocycles. The first-order valence-electron chi connectivity index (χ1n) is 6.06. The lowest BCUT2D eigenvalue weighted by Gasteiger charge is -2.33. The maximum Gasteiger partial charge on any atom is 0.238 e. The Bertz CT molecular complexity index is 977. The smallest absolute Gasteiger partial charge is 0.225 e. The number of primary sulfonamides is 2. The molecule has 1 aliphatic rings. The van der Waals surface area contributed by atoms with Crippen molar-refractivity contribution in [1.29, 1.82) is 0 Å². The van der Waals surface area contributed by atoms with Gasteiger partial charge in [0.25, 0.3) is 0 Å². The monoisotopic (exact) mass is 418 g/mol. The van der Waals surface area contributed by atoms with Gasteiger partial charge in [-0.25, -0.2) is 35.9 Å². The molecule has 0 fully saturated rings. The van der Waals surface area contributed by atoms with Crippen LogP contribution in [0.3, 0.4) is 0 Å². The van der Waals surface area contributed by atoms with E-state index in [4.69, 9.17) is 33.5 Å². The molecule has 0 aliphatic heterocycles. The Balaban J connectivity index is 2.79. The third kappa shape index (κ3) is 3.35. The Morgan fingerprint density at radius 2 is 1.58 bits per heavy atom. The van der Waals surface area contributed by atoms with Gasteiger partial charge in [0.1, 0.15) is 4.87 Å². The quantitative estimate of drug-likeness (QED) is 0.720. The first kappa shape index (κ1) is 19.3. The second-order valence-corrected chi connectivity index (χ2v) is 9.06. The molecule has 0 heterocycles. The lowest BCUT2D eigenvalue weighted by atomic mass is 9.90. The van der Waals surface area contributed by atoms with E-state index >= 15 is 0 Å². The number of sulfonamides is 2. The normalized spacial score (nSPS) is 24.8. The van der Waals surface area contributed by atoms with Crippen molar-refractivity contribution in [2.75, 3.05) is 0 Å². The molecule has 1 aromatic carbocycles. The molecule has 2 atom stereocenters. The van der Waals surface area contributed by atoms with E-state index in [1.807, 2.05) is 0 Å². The fraction of sp³-hybridized carbons (Fsp3) is 0.167. The van der Waals surface area contributed by atoms with Crippen molar-refractivity contribution in [2.24, 2.45) is 10.3 Å². The van der Waals surface area contributed by atoms with Crippen LogP contribution in [0.25, 0.3) is 0 Å². The van der Waals surface area contributed by atoms with Crippen LogP contribution in [0.4, 0.5) is 8.78 Å². The minimum atomic E-state index is -4.52. The largest absolute Gasteiger partial charge is 0.238 e. The first-order chi connectivity index (χ1) is 10.8. The molecule has 132 valence electrons. The molecule has 0 spiro atoms. The maximum absolute atomic E-state index is 13.6. The highest BCUT2D eigenvalue weighted by molar-refractivity contribution is 7.93. The molecule has 0 bridgehead atoms. The topological polar surface area (TPSA) is 120 Å². The molecule has 1 aromatic rings. The highest BCUT2D eigenvalue weighted by Gasteiger charge is 2.45. The molecule has 0 aromatic heterocycles. The molecule has 0 radical (unpaired) electrons. The molecular formula is C12H10Cl2F2N2O4S2. The summed E-state index contributed by atoms with van der Waals surface area (Å²) >= 11 is 12.4. The number of benzene rings is 1. The molecule has 2 unspecified atom stereocenters. The van der Waals surface area contributed by atoms with Crippen molar-refractivity contribution in [1.82, 2.24) is 0 Å². The third-order valence-electron chi connectivity index (χ3n) is 3.29. The number of hydrogen-bond donors (Lipinski definition) is 2. The van der Waals surface area contributed by atoms with Crippen molar-refractivity contribution in [3.05, 3.63) is 52.5 Å². The average molecular weight is 419 g/mol. The zero-order valence-electron chi connectivity index (χ0n) is 11.6. The molecule has 2 rings (SSSR count). The van der Waals surface area contributed by atoms with Crippen molar-refractivity contribution in [3.63, 3.8) is 0 Å². The second kappa shape index (κ2) is 6.04. The highest BCUT2D eigenvalue weighted by Crippen LogP contribution is 2.46. The zero-order valence-corrected chi connectivity index (χ0v) is 14.7. The Morgan fingerprint density at radius 1 is 1.04 bits per heavy atom. The van der Waals surface area contributed by atoms with E-state index in [0.717, 1.165) is 18.2 Å². The third-order valence-corrected chi connectivity index (χ3v) is 6.64. The summed E-state index contributed by atoms with van der Waals surface area (Å²) in [6.07, 6.45) is 3.34. The van der Waals surface area contributed by atoms with Gasteiger partial charge in [0.15, 0.2) is 11.6 Å². The van der Waals surface area contributed by atoms with Gasteiger partial charge < -0.3 is 0 Å². The van der Waals surface area contributed by atoms with E-state index in [1.54, 1.807) is 0 Å². The molecule has 4 N–H and O–H groups in total. The standard InChI is InChI=1S/C12H10Cl2F2N2O4S2/c13-11-9(23(17,19)20)2-1-3-12(11,14)6-4-7(15)8(16)5-10(6)24(18,21)22/h1-5,11H,(H2,17,19,20)(H2,18,21,22). The van der Waals surface area contributed by atoms with Crippen LogP contribution < -0.4 is 10.3 Å². The number of alkyl halides is 2. The highest BCUT2D eigenvalue weighted by atomic mass is 35.5. The van der Waals surface area contributed by atoms with Gasteiger partial charge >= 0.3 is 0 Å². The van der Waals surface area contributed by atoms with E-state index in [0.29, 0.717) is 12.1 Å². The van der Waals surface area contributed by atoms with Crippen LogP contribution in [-0.2, 0) is 24.9 Å². The Morgan fingerprint density at radius 3 is 2.08 bits per heavy atom. The van der Waals surface area contributed by atoms with Gasteiger partial charge in [-0.15, -0.1) is 23.2 Å². The molecule has 1 aliphatic carbocycles. The molecule has 6 nitrogen and oxygen atoms in total. The van der Waals surface area contributed by atoms with Crippen LogP contribution in [0.15, 0.2) is 40.2 Å². The van der Waals surface area contributed by atoms with Crippen LogP contribution >= 0.6 is 23.2 Å². The Kier molecular flexibility index (Phi) is 4.86. The van der Waals surface area contributed by atoms with Crippen molar-refractivity contribution in [2.45, 2.75) is 15.1 Å². The lowest BCUT2D eigenvalue weighted by Crippen LogP contribution is -2.38. The molecule has 24 heavy (non-hydrogen) atoms. The summed E-state index contributed by atoms with van der Waals surface area (Å²) in [5, 5.41) is 8.44. The van der Waals surface area contributed by atoms with Crippen LogP contribution in [0.2, 0.25) is 0 Å². The number of hydrogen-bond acceptors (Lipinski definition) is 4. The molecule has 0 saturated carbocycles. The van der Waals surface area contributed by atoms with Crippen molar-refractivity contribution >= 4 is 43.2 Å². The minimum absolute atomic E-state index is 0.344. The molecular weight excluding hydrogens is 409 g/mol. The van der Waals surface area contributed by atoms with Crippen LogP contribution in [0.5, 0.6) is 0 Å². The lowest BCUT2D eigenvalue weighted by molar-refractivity contribution is 0.499. The summed E-state index contributed by atoms with van der Waals surface area (Å²) < 4.78 is 73.6. The summed E-state index contributed by atoms with van der Waals surface area (Å²) in [6, 6.07) is 0.838. The maximum atomic E-state index is 13.6. The summed E-state index contributed by atoms with van der Waals surface area (Å²) in [6.45, 7) is 0. The van der Waals surface area contributed by atoms with Gasteiger partial charge in [0.05, 0.1) is 15.2 Å². The van der Waals surface area contributed by atoms with Crippen LogP contribution in [-0.4, -0.2) is 22.2 Å². The molecule has 0 amide bonds. The number of halogens is 4. The van der Waals surface area contributed by atoms with Gasteiger partial charge in [-0.2, -0.15) is 0 Å². The van der Waals surface area contributed by atoms with Gasteiger partial charge in [-0.3, -0.25) is 0 Å². The number of rotatable bonds is 3. The van der Waals surface area contributed by atoms with Gasteiger partial charge in [0, 0.05) is 5.56 Å². The van der Waals surface area contributed by atoms with E-state index < -0.39 is 57.3 Å². The predicted molar refractivity (Wildman–Crippen MR) is 85.2 cm³/mol. The Hall–Kier alpha value is -1.04. The molecule has 12 heteroatoms. The van der Waals surface area contributed by atoms with Gasteiger partial charge in [-0.05, 0) is 18.2 Å². The Labute approximate surface area is 146 Å². The summed E-state index contributed by atoms with van der Waals surface area (Å²) in [4.78, 5) is -3.40. The van der Waals surface area contributed by atoms with Gasteiger partial charge in [0.2, 0.25) is 20.0 Å². The van der Waals surface area contributed by atoms with E-state index in [2.05, 4.69) is 0 Å². The summed E-state index contributed by atoms with van der Waals surface area (Å²) in [5.41, 5.74) is -0.518. The van der Waals surface area contributed by atoms with Crippen molar-refractivity contribution < 1.29 is 25.6 Å². The first-order valence-corrected chi connectivity index (χ1v) is 9.96. The van der Waals surface area contributed by atoms with Gasteiger partial charge in [-0.1, -0.05) is 12.2 Å². The SMILES string of the molecule is NS(=O)(=O)C1=CC=CC(Cl)(c2cc(F)c(F)cc2S(N)(=O)=O)C1Cl. The minimum Gasteiger partial charge on any atom is -0.225 e. The number of nitrogens with two attached hydrogens (primary N) is 2. The van der Waals surface area contributed by atoms with E-state index in [1.165, 1.54) is 0 Å².